The molecule has 1 N–H and O–H groups in total. The summed E-state index contributed by atoms with van der Waals surface area (Å²) in [6.07, 6.45) is 4.84. The number of carbonyl (C=O) groups excluding carboxylic acids is 1. The van der Waals surface area contributed by atoms with E-state index in [4.69, 9.17) is 11.6 Å². The number of carbonyl (C=O) groups is 1. The molecule has 2 aromatic heterocycles. The standard InChI is InChI=1S/C19H19BClN3O2S2/c1-11(18-10-22-12(2)27-18)24-19(25)14-6-13(7-16(8-14)28(3,20)26)17-5-4-15(21)9-23-17/h4-11,20H,1-3H3,(H,24,25)/t11-,28?/m1/s1. The van der Waals surface area contributed by atoms with E-state index >= 15 is 0 Å². The Balaban J connectivity index is 1.98. The molecule has 28 heavy (non-hydrogen) atoms. The van der Waals surface area contributed by atoms with Crippen molar-refractivity contribution in [3.8, 4) is 11.3 Å². The maximum atomic E-state index is 12.9. The van der Waals surface area contributed by atoms with Gasteiger partial charge in [-0.3, -0.25) is 0 Å². The number of aryl methyl sites for hydroxylation is 1. The topological polar surface area (TPSA) is 72.0 Å². The van der Waals surface area contributed by atoms with Gasteiger partial charge in [0, 0.05) is 0 Å². The van der Waals surface area contributed by atoms with Crippen LogP contribution in [0.15, 0.2) is 47.6 Å². The first-order valence-corrected chi connectivity index (χ1v) is 11.8. The van der Waals surface area contributed by atoms with Gasteiger partial charge in [-0.25, -0.2) is 0 Å². The Bertz CT molecular complexity index is 1130. The molecule has 0 radical (unpaired) electrons. The molecule has 0 aliphatic heterocycles. The number of pyridine rings is 1. The Hall–Kier alpha value is -2.03. The van der Waals surface area contributed by atoms with Gasteiger partial charge in [0.05, 0.1) is 0 Å². The van der Waals surface area contributed by atoms with E-state index < -0.39 is 9.36 Å². The predicted molar refractivity (Wildman–Crippen MR) is 117 cm³/mol. The quantitative estimate of drug-likeness (QED) is 0.625. The summed E-state index contributed by atoms with van der Waals surface area (Å²) in [6.45, 7) is 7.57. The van der Waals surface area contributed by atoms with Crippen molar-refractivity contribution in [2.24, 2.45) is 0 Å². The average molecular weight is 432 g/mol. The van der Waals surface area contributed by atoms with Crippen molar-refractivity contribution in [3.05, 3.63) is 63.2 Å². The average Bonchev–Trinajstić information content (AvgIpc) is 3.08. The van der Waals surface area contributed by atoms with Crippen LogP contribution in [-0.4, -0.2) is 33.1 Å². The van der Waals surface area contributed by atoms with Crippen molar-refractivity contribution >= 4 is 44.9 Å². The minimum absolute atomic E-state index is 0.190. The molecule has 0 aliphatic rings. The zero-order valence-corrected chi connectivity index (χ0v) is 18.1. The van der Waals surface area contributed by atoms with Crippen LogP contribution in [0.2, 0.25) is 5.02 Å². The van der Waals surface area contributed by atoms with Crippen LogP contribution in [0.5, 0.6) is 0 Å². The van der Waals surface area contributed by atoms with Crippen LogP contribution in [0, 0.1) is 6.92 Å². The Morgan fingerprint density at radius 1 is 1.25 bits per heavy atom. The van der Waals surface area contributed by atoms with Gasteiger partial charge in [-0.1, -0.05) is 0 Å². The molecule has 0 fully saturated rings. The van der Waals surface area contributed by atoms with Gasteiger partial charge >= 0.3 is 175 Å². The molecule has 1 unspecified atom stereocenters. The zero-order valence-electron chi connectivity index (χ0n) is 15.7. The number of benzene rings is 1. The van der Waals surface area contributed by atoms with E-state index in [1.54, 1.807) is 42.8 Å². The van der Waals surface area contributed by atoms with Crippen molar-refractivity contribution in [3.63, 3.8) is 0 Å². The fourth-order valence-corrected chi connectivity index (χ4v) is 4.25. The van der Waals surface area contributed by atoms with E-state index in [1.165, 1.54) is 17.5 Å². The van der Waals surface area contributed by atoms with Gasteiger partial charge in [-0.15, -0.1) is 0 Å². The van der Waals surface area contributed by atoms with Gasteiger partial charge in [0.25, 0.3) is 0 Å². The van der Waals surface area contributed by atoms with Crippen LogP contribution in [0.4, 0.5) is 0 Å². The summed E-state index contributed by atoms with van der Waals surface area (Å²) in [7, 11) is -2.52. The van der Waals surface area contributed by atoms with Crippen LogP contribution < -0.4 is 5.32 Å². The monoisotopic (exact) mass is 431 g/mol. The van der Waals surface area contributed by atoms with Gasteiger partial charge in [-0.05, 0) is 0 Å². The number of halogens is 1. The van der Waals surface area contributed by atoms with Gasteiger partial charge in [0.15, 0.2) is 0 Å². The predicted octanol–water partition coefficient (Wildman–Crippen LogP) is 3.75. The van der Waals surface area contributed by atoms with Crippen LogP contribution >= 0.6 is 22.9 Å². The summed E-state index contributed by atoms with van der Waals surface area (Å²) in [4.78, 5) is 22.9. The summed E-state index contributed by atoms with van der Waals surface area (Å²) in [5, 5.41) is 4.43. The van der Waals surface area contributed by atoms with E-state index in [0.717, 1.165) is 9.88 Å². The van der Waals surface area contributed by atoms with Crippen molar-refractivity contribution in [1.29, 1.82) is 0 Å². The molecule has 2 heterocycles. The molecule has 3 aromatic rings. The Labute approximate surface area is 174 Å². The van der Waals surface area contributed by atoms with Gasteiger partial charge in [0.2, 0.25) is 0 Å². The van der Waals surface area contributed by atoms with Crippen molar-refractivity contribution in [2.75, 3.05) is 6.26 Å². The second kappa shape index (κ2) is 8.15. The summed E-state index contributed by atoms with van der Waals surface area (Å²) in [5.74, 6) is -0.265. The number of aromatic nitrogens is 2. The third-order valence-electron chi connectivity index (χ3n) is 4.10. The number of rotatable bonds is 5. The fraction of sp³-hybridized carbons (Fsp3) is 0.211. The first kappa shape index (κ1) is 20.7. The summed E-state index contributed by atoms with van der Waals surface area (Å²) >= 11 is 7.45. The van der Waals surface area contributed by atoms with Crippen LogP contribution in [0.1, 0.15) is 33.2 Å². The third-order valence-corrected chi connectivity index (χ3v) is 6.66. The van der Waals surface area contributed by atoms with Crippen LogP contribution in [0.25, 0.3) is 11.3 Å². The molecular formula is C19H19BClN3O2S2. The molecule has 2 atom stereocenters. The molecule has 1 aromatic carbocycles. The molecule has 5 nitrogen and oxygen atoms in total. The molecule has 9 heteroatoms. The number of hydrogen-bond acceptors (Lipinski definition) is 5. The Morgan fingerprint density at radius 3 is 2.57 bits per heavy atom. The van der Waals surface area contributed by atoms with Crippen LogP contribution in [0.3, 0.4) is 0 Å². The summed E-state index contributed by atoms with van der Waals surface area (Å²) in [6, 6.07) is 8.38. The maximum absolute atomic E-state index is 12.9. The molecule has 0 bridgehead atoms. The van der Waals surface area contributed by atoms with E-state index in [9.17, 15) is 9.00 Å². The summed E-state index contributed by atoms with van der Waals surface area (Å²) < 4.78 is 12.6. The third kappa shape index (κ3) is 4.87. The van der Waals surface area contributed by atoms with Crippen molar-refractivity contribution < 1.29 is 9.00 Å². The number of nitrogens with one attached hydrogen (secondary N) is 1. The molecule has 0 aliphatic carbocycles. The molecule has 144 valence electrons. The molecule has 0 saturated carbocycles. The van der Waals surface area contributed by atoms with E-state index in [2.05, 4.69) is 22.0 Å². The normalized spacial score (nSPS) is 14.2. The Kier molecular flexibility index (Phi) is 6.02. The molecule has 3 rings (SSSR count). The van der Waals surface area contributed by atoms with E-state index in [-0.39, 0.29) is 11.9 Å². The number of thiazole rings is 1. The van der Waals surface area contributed by atoms with E-state index in [1.807, 2.05) is 13.8 Å². The molecule has 0 saturated heterocycles. The zero-order chi connectivity index (χ0) is 20.5. The molecular weight excluding hydrogens is 413 g/mol. The molecule has 0 spiro atoms. The Morgan fingerprint density at radius 2 is 2.00 bits per heavy atom. The number of amides is 1. The SMILES string of the molecule is B=S(C)(=O)c1cc(C(=O)N[C@H](C)c2cnc(C)s2)cc(-c2ccc(Cl)cn2)c1. The van der Waals surface area contributed by atoms with Crippen molar-refractivity contribution in [2.45, 2.75) is 24.8 Å². The van der Waals surface area contributed by atoms with Gasteiger partial charge < -0.3 is 0 Å². The molecule has 1 amide bonds. The van der Waals surface area contributed by atoms with Crippen molar-refractivity contribution in [1.82, 2.24) is 15.3 Å². The fourth-order valence-electron chi connectivity index (χ4n) is 2.60. The first-order chi connectivity index (χ1) is 13.1. The first-order valence-electron chi connectivity index (χ1n) is 8.46. The minimum atomic E-state index is -2.52. The van der Waals surface area contributed by atoms with E-state index in [0.29, 0.717) is 26.7 Å². The number of nitrogens with zero attached hydrogens (tertiary/aromatic N) is 2. The van der Waals surface area contributed by atoms with Gasteiger partial charge in [0.1, 0.15) is 0 Å². The second-order valence-electron chi connectivity index (χ2n) is 6.59. The second-order valence-corrected chi connectivity index (χ2v) is 10.8. The van der Waals surface area contributed by atoms with Gasteiger partial charge in [-0.2, -0.15) is 0 Å². The number of hydrogen-bond donors (Lipinski definition) is 1. The van der Waals surface area contributed by atoms with Crippen LogP contribution in [-0.2, 0) is 9.36 Å². The summed E-state index contributed by atoms with van der Waals surface area (Å²) in [5.41, 5.74) is 1.71.